The summed E-state index contributed by atoms with van der Waals surface area (Å²) in [7, 11) is 0. The predicted molar refractivity (Wildman–Crippen MR) is 72.2 cm³/mol. The van der Waals surface area contributed by atoms with Gasteiger partial charge in [-0.05, 0) is 46.2 Å². The van der Waals surface area contributed by atoms with E-state index < -0.39 is 0 Å². The van der Waals surface area contributed by atoms with E-state index in [4.69, 9.17) is 5.84 Å². The third kappa shape index (κ3) is 4.24. The Kier molecular flexibility index (Phi) is 7.64. The molecule has 0 aliphatic heterocycles. The zero-order valence-electron chi connectivity index (χ0n) is 11.4. The van der Waals surface area contributed by atoms with Gasteiger partial charge in [-0.1, -0.05) is 19.9 Å². The van der Waals surface area contributed by atoms with Crippen LogP contribution >= 0.6 is 0 Å². The summed E-state index contributed by atoms with van der Waals surface area (Å²) in [4.78, 5) is 2.45. The molecule has 0 rings (SSSR count). The van der Waals surface area contributed by atoms with Gasteiger partial charge < -0.3 is 0 Å². The average Bonchev–Trinajstić information content (AvgIpc) is 2.25. The number of nitrogens with zero attached hydrogens (tertiary/aromatic N) is 1. The van der Waals surface area contributed by atoms with Crippen molar-refractivity contribution >= 4 is 0 Å². The van der Waals surface area contributed by atoms with E-state index in [1.165, 1.54) is 0 Å². The number of rotatable bonds is 9. The average molecular weight is 227 g/mol. The summed E-state index contributed by atoms with van der Waals surface area (Å²) < 4.78 is 0. The van der Waals surface area contributed by atoms with E-state index in [0.29, 0.717) is 6.04 Å². The topological polar surface area (TPSA) is 41.3 Å². The van der Waals surface area contributed by atoms with Crippen LogP contribution in [0.25, 0.3) is 0 Å². The first-order valence-electron chi connectivity index (χ1n) is 6.36. The first kappa shape index (κ1) is 15.6. The van der Waals surface area contributed by atoms with E-state index in [9.17, 15) is 0 Å². The molecular weight excluding hydrogens is 198 g/mol. The third-order valence-electron chi connectivity index (χ3n) is 3.53. The maximum absolute atomic E-state index is 5.69. The van der Waals surface area contributed by atoms with Crippen molar-refractivity contribution in [3.63, 3.8) is 0 Å². The Bertz CT molecular complexity index is 186. The van der Waals surface area contributed by atoms with Gasteiger partial charge in [-0.15, -0.1) is 6.58 Å². The highest BCUT2D eigenvalue weighted by molar-refractivity contribution is 4.92. The number of hydrogen-bond acceptors (Lipinski definition) is 3. The van der Waals surface area contributed by atoms with Crippen LogP contribution in [-0.2, 0) is 0 Å². The molecule has 3 N–H and O–H groups in total. The molecule has 3 heteroatoms. The Hall–Kier alpha value is -0.380. The van der Waals surface area contributed by atoms with Crippen LogP contribution in [-0.4, -0.2) is 29.6 Å². The van der Waals surface area contributed by atoms with Crippen molar-refractivity contribution in [2.45, 2.75) is 58.5 Å². The summed E-state index contributed by atoms with van der Waals surface area (Å²) in [6.07, 6.45) is 5.26. The Labute approximate surface area is 101 Å². The lowest BCUT2D eigenvalue weighted by atomic mass is 9.89. The quantitative estimate of drug-likeness (QED) is 0.275. The van der Waals surface area contributed by atoms with Crippen molar-refractivity contribution in [1.29, 1.82) is 0 Å². The number of nitrogens with one attached hydrogen (secondary N) is 1. The molecule has 0 saturated carbocycles. The fourth-order valence-corrected chi connectivity index (χ4v) is 2.37. The van der Waals surface area contributed by atoms with Crippen molar-refractivity contribution in [3.05, 3.63) is 12.7 Å². The number of likely N-dealkylation sites (N-methyl/N-ethyl adjacent to an activating group) is 1. The van der Waals surface area contributed by atoms with Crippen molar-refractivity contribution in [3.8, 4) is 0 Å². The summed E-state index contributed by atoms with van der Waals surface area (Å²) in [6, 6.07) is 0.326. The molecule has 0 saturated heterocycles. The molecule has 96 valence electrons. The lowest BCUT2D eigenvalue weighted by molar-refractivity contribution is 0.0868. The molecule has 0 radical (unpaired) electrons. The molecule has 1 unspecified atom stereocenters. The van der Waals surface area contributed by atoms with Gasteiger partial charge in [0, 0.05) is 11.6 Å². The lowest BCUT2D eigenvalue weighted by Crippen LogP contribution is -2.59. The van der Waals surface area contributed by atoms with Gasteiger partial charge in [-0.25, -0.2) is 0 Å². The van der Waals surface area contributed by atoms with Crippen LogP contribution in [0.3, 0.4) is 0 Å². The molecular formula is C13H29N3. The maximum atomic E-state index is 5.69. The number of unbranched alkanes of at least 4 members (excludes halogenated alkanes) is 1. The van der Waals surface area contributed by atoms with Crippen molar-refractivity contribution in [1.82, 2.24) is 10.3 Å². The van der Waals surface area contributed by atoms with E-state index in [2.05, 4.69) is 44.6 Å². The summed E-state index contributed by atoms with van der Waals surface area (Å²) in [5, 5.41) is 0. The molecule has 0 fully saturated rings. The minimum Gasteiger partial charge on any atom is -0.297 e. The summed E-state index contributed by atoms with van der Waals surface area (Å²) in [6.45, 7) is 14.8. The summed E-state index contributed by atoms with van der Waals surface area (Å²) in [5.41, 5.74) is 3.07. The van der Waals surface area contributed by atoms with Gasteiger partial charge in [-0.2, -0.15) is 0 Å². The second-order valence-corrected chi connectivity index (χ2v) is 4.76. The van der Waals surface area contributed by atoms with Gasteiger partial charge in [0.05, 0.1) is 0 Å². The van der Waals surface area contributed by atoms with Crippen molar-refractivity contribution in [2.75, 3.05) is 13.1 Å². The second kappa shape index (κ2) is 7.82. The normalized spacial score (nSPS) is 14.1. The van der Waals surface area contributed by atoms with E-state index in [1.54, 1.807) is 0 Å². The van der Waals surface area contributed by atoms with Gasteiger partial charge in [-0.3, -0.25) is 16.2 Å². The molecule has 3 nitrogen and oxygen atoms in total. The summed E-state index contributed by atoms with van der Waals surface area (Å²) in [5.74, 6) is 5.69. The standard InChI is InChI=1S/C13H29N3/c1-6-9-10-11-12(15-14)13(4,5)16(7-2)8-3/h6,12,15H,1,7-11,14H2,2-5H3. The second-order valence-electron chi connectivity index (χ2n) is 4.76. The van der Waals surface area contributed by atoms with Crippen molar-refractivity contribution < 1.29 is 0 Å². The minimum absolute atomic E-state index is 0.0966. The van der Waals surface area contributed by atoms with Gasteiger partial charge >= 0.3 is 0 Å². The fourth-order valence-electron chi connectivity index (χ4n) is 2.37. The van der Waals surface area contributed by atoms with E-state index in [-0.39, 0.29) is 5.54 Å². The van der Waals surface area contributed by atoms with Crippen LogP contribution in [0, 0.1) is 0 Å². The Morgan fingerprint density at radius 3 is 2.31 bits per heavy atom. The Balaban J connectivity index is 4.44. The highest BCUT2D eigenvalue weighted by Crippen LogP contribution is 2.22. The van der Waals surface area contributed by atoms with Crippen LogP contribution in [0.15, 0.2) is 12.7 Å². The van der Waals surface area contributed by atoms with Crippen molar-refractivity contribution in [2.24, 2.45) is 5.84 Å². The molecule has 0 aliphatic carbocycles. The van der Waals surface area contributed by atoms with E-state index in [0.717, 1.165) is 32.4 Å². The monoisotopic (exact) mass is 227 g/mol. The molecule has 1 atom stereocenters. The molecule has 0 bridgehead atoms. The molecule has 0 heterocycles. The lowest BCUT2D eigenvalue weighted by Gasteiger charge is -2.43. The van der Waals surface area contributed by atoms with Gasteiger partial charge in [0.15, 0.2) is 0 Å². The van der Waals surface area contributed by atoms with Crippen LogP contribution < -0.4 is 11.3 Å². The molecule has 0 aromatic carbocycles. The van der Waals surface area contributed by atoms with Gasteiger partial charge in [0.2, 0.25) is 0 Å². The first-order chi connectivity index (χ1) is 7.54. The first-order valence-corrected chi connectivity index (χ1v) is 6.36. The van der Waals surface area contributed by atoms with Crippen LogP contribution in [0.4, 0.5) is 0 Å². The zero-order chi connectivity index (χ0) is 12.6. The van der Waals surface area contributed by atoms with Crippen LogP contribution in [0.2, 0.25) is 0 Å². The molecule has 0 spiro atoms. The van der Waals surface area contributed by atoms with Gasteiger partial charge in [0.25, 0.3) is 0 Å². The smallest absolute Gasteiger partial charge is 0.0389 e. The SMILES string of the molecule is C=CCCCC(NN)C(C)(C)N(CC)CC. The maximum Gasteiger partial charge on any atom is 0.0389 e. The fraction of sp³-hybridized carbons (Fsp3) is 0.846. The number of hydrazine groups is 1. The predicted octanol–water partition coefficient (Wildman–Crippen LogP) is 2.30. The van der Waals surface area contributed by atoms with E-state index >= 15 is 0 Å². The van der Waals surface area contributed by atoms with Gasteiger partial charge in [0.1, 0.15) is 0 Å². The van der Waals surface area contributed by atoms with Crippen LogP contribution in [0.1, 0.15) is 47.0 Å². The molecule has 16 heavy (non-hydrogen) atoms. The number of hydrogen-bond donors (Lipinski definition) is 2. The molecule has 0 aliphatic rings. The third-order valence-corrected chi connectivity index (χ3v) is 3.53. The zero-order valence-corrected chi connectivity index (χ0v) is 11.4. The molecule has 0 aromatic heterocycles. The highest BCUT2D eigenvalue weighted by atomic mass is 15.3. The largest absolute Gasteiger partial charge is 0.297 e. The highest BCUT2D eigenvalue weighted by Gasteiger charge is 2.32. The summed E-state index contributed by atoms with van der Waals surface area (Å²) >= 11 is 0. The number of nitrogens with two attached hydrogens (primary N) is 1. The molecule has 0 amide bonds. The number of allylic oxidation sites excluding steroid dienone is 1. The Morgan fingerprint density at radius 2 is 1.94 bits per heavy atom. The Morgan fingerprint density at radius 1 is 1.38 bits per heavy atom. The van der Waals surface area contributed by atoms with Crippen LogP contribution in [0.5, 0.6) is 0 Å². The van der Waals surface area contributed by atoms with E-state index in [1.807, 2.05) is 6.08 Å². The minimum atomic E-state index is 0.0966. The molecule has 0 aromatic rings.